The summed E-state index contributed by atoms with van der Waals surface area (Å²) in [6.07, 6.45) is 0.507. The molecule has 3 N–H and O–H groups in total. The number of rotatable bonds is 9. The van der Waals surface area contributed by atoms with Crippen LogP contribution in [0.15, 0.2) is 24.3 Å². The van der Waals surface area contributed by atoms with Gasteiger partial charge < -0.3 is 15.7 Å². The fraction of sp³-hybridized carbons (Fsp3) is 0.500. The molecule has 20 heavy (non-hydrogen) atoms. The summed E-state index contributed by atoms with van der Waals surface area (Å²) in [7, 11) is 0. The number of hydrogen-bond donors (Lipinski definition) is 2. The van der Waals surface area contributed by atoms with Gasteiger partial charge in [-0.05, 0) is 24.1 Å². The maximum atomic E-state index is 10.6. The molecule has 6 heteroatoms. The fourth-order valence-corrected chi connectivity index (χ4v) is 2.46. The normalized spacial score (nSPS) is 12.2. The van der Waals surface area contributed by atoms with Crippen LogP contribution in [0.4, 0.5) is 5.69 Å². The topological polar surface area (TPSA) is 66.6 Å². The quantitative estimate of drug-likeness (QED) is 0.686. The molecule has 0 saturated carbocycles. The zero-order valence-corrected chi connectivity index (χ0v) is 12.8. The summed E-state index contributed by atoms with van der Waals surface area (Å²) in [6, 6.07) is 7.52. The van der Waals surface area contributed by atoms with Crippen LogP contribution in [0, 0.1) is 0 Å². The highest BCUT2D eigenvalue weighted by molar-refractivity contribution is 6.18. The first-order valence-corrected chi connectivity index (χ1v) is 7.57. The van der Waals surface area contributed by atoms with E-state index >= 15 is 0 Å². The molecule has 0 heterocycles. The molecule has 0 aromatic heterocycles. The monoisotopic (exact) mass is 318 g/mol. The second-order valence-corrected chi connectivity index (χ2v) is 5.35. The van der Waals surface area contributed by atoms with E-state index in [1.54, 1.807) is 0 Å². The first-order valence-electron chi connectivity index (χ1n) is 6.50. The Balaban J connectivity index is 2.75. The second kappa shape index (κ2) is 9.06. The summed E-state index contributed by atoms with van der Waals surface area (Å²) in [4.78, 5) is 12.7. The van der Waals surface area contributed by atoms with Crippen LogP contribution in [0.2, 0.25) is 0 Å². The SMILES string of the molecule is NC(CC(=O)O)Cc1cccc(N(CCCl)CCCl)c1. The lowest BCUT2D eigenvalue weighted by Gasteiger charge is -2.23. The van der Waals surface area contributed by atoms with Gasteiger partial charge in [0.1, 0.15) is 0 Å². The summed E-state index contributed by atoms with van der Waals surface area (Å²) in [6.45, 7) is 1.44. The Morgan fingerprint density at radius 2 is 1.95 bits per heavy atom. The third kappa shape index (κ3) is 5.99. The van der Waals surface area contributed by atoms with Crippen molar-refractivity contribution in [3.63, 3.8) is 0 Å². The van der Waals surface area contributed by atoms with Gasteiger partial charge >= 0.3 is 5.97 Å². The van der Waals surface area contributed by atoms with Gasteiger partial charge in [0.05, 0.1) is 6.42 Å². The van der Waals surface area contributed by atoms with Crippen LogP contribution in [0.1, 0.15) is 12.0 Å². The van der Waals surface area contributed by atoms with Gasteiger partial charge in [-0.15, -0.1) is 23.2 Å². The largest absolute Gasteiger partial charge is 0.481 e. The lowest BCUT2D eigenvalue weighted by atomic mass is 10.0. The van der Waals surface area contributed by atoms with Crippen molar-refractivity contribution in [2.45, 2.75) is 18.9 Å². The first-order chi connectivity index (χ1) is 9.56. The molecular weight excluding hydrogens is 299 g/mol. The van der Waals surface area contributed by atoms with Crippen LogP contribution in [-0.4, -0.2) is 42.0 Å². The standard InChI is InChI=1S/C14H20Cl2N2O2/c15-4-6-18(7-5-16)13-3-1-2-11(9-13)8-12(17)10-14(19)20/h1-3,9,12H,4-8,10,17H2,(H,19,20). The third-order valence-corrected chi connectivity index (χ3v) is 3.26. The van der Waals surface area contributed by atoms with E-state index in [1.807, 2.05) is 24.3 Å². The van der Waals surface area contributed by atoms with Gasteiger partial charge in [0.2, 0.25) is 0 Å². The molecule has 0 amide bonds. The Labute approximate surface area is 129 Å². The van der Waals surface area contributed by atoms with Crippen LogP contribution < -0.4 is 10.6 Å². The Bertz CT molecular complexity index is 423. The van der Waals surface area contributed by atoms with Crippen molar-refractivity contribution < 1.29 is 9.90 Å². The Hall–Kier alpha value is -0.970. The van der Waals surface area contributed by atoms with Gasteiger partial charge in [-0.3, -0.25) is 4.79 Å². The van der Waals surface area contributed by atoms with Gasteiger partial charge in [0.15, 0.2) is 0 Å². The molecule has 0 bridgehead atoms. The van der Waals surface area contributed by atoms with Crippen LogP contribution in [0.3, 0.4) is 0 Å². The predicted molar refractivity (Wildman–Crippen MR) is 84.0 cm³/mol. The molecule has 112 valence electrons. The summed E-state index contributed by atoms with van der Waals surface area (Å²) in [5.41, 5.74) is 7.87. The summed E-state index contributed by atoms with van der Waals surface area (Å²) >= 11 is 11.6. The number of carbonyl (C=O) groups is 1. The van der Waals surface area contributed by atoms with Crippen molar-refractivity contribution in [2.24, 2.45) is 5.73 Å². The van der Waals surface area contributed by atoms with E-state index in [9.17, 15) is 4.79 Å². The molecular formula is C14H20Cl2N2O2. The minimum absolute atomic E-state index is 0.0305. The van der Waals surface area contributed by atoms with E-state index in [4.69, 9.17) is 34.0 Å². The molecule has 0 saturated heterocycles. The lowest BCUT2D eigenvalue weighted by molar-refractivity contribution is -0.137. The predicted octanol–water partition coefficient (Wildman–Crippen LogP) is 2.32. The van der Waals surface area contributed by atoms with Crippen molar-refractivity contribution in [3.8, 4) is 0 Å². The maximum absolute atomic E-state index is 10.6. The number of nitrogens with two attached hydrogens (primary N) is 1. The molecule has 4 nitrogen and oxygen atoms in total. The van der Waals surface area contributed by atoms with Gasteiger partial charge in [-0.2, -0.15) is 0 Å². The second-order valence-electron chi connectivity index (χ2n) is 4.60. The molecule has 1 unspecified atom stereocenters. The molecule has 0 fully saturated rings. The number of alkyl halides is 2. The summed E-state index contributed by atoms with van der Waals surface area (Å²) in [5.74, 6) is 0.179. The number of aliphatic carboxylic acids is 1. The van der Waals surface area contributed by atoms with Gasteiger partial charge in [-0.1, -0.05) is 12.1 Å². The average Bonchev–Trinajstić information content (AvgIpc) is 2.37. The Morgan fingerprint density at radius 1 is 1.30 bits per heavy atom. The number of benzene rings is 1. The van der Waals surface area contributed by atoms with E-state index in [0.717, 1.165) is 24.3 Å². The van der Waals surface area contributed by atoms with E-state index in [0.29, 0.717) is 18.2 Å². The van der Waals surface area contributed by atoms with Crippen molar-refractivity contribution in [2.75, 3.05) is 29.7 Å². The summed E-state index contributed by atoms with van der Waals surface area (Å²) < 4.78 is 0. The highest BCUT2D eigenvalue weighted by Crippen LogP contribution is 2.17. The van der Waals surface area contributed by atoms with Crippen LogP contribution in [0.25, 0.3) is 0 Å². The fourth-order valence-electron chi connectivity index (χ4n) is 2.05. The smallest absolute Gasteiger partial charge is 0.304 e. The highest BCUT2D eigenvalue weighted by atomic mass is 35.5. The van der Waals surface area contributed by atoms with E-state index in [-0.39, 0.29) is 12.5 Å². The van der Waals surface area contributed by atoms with Crippen LogP contribution >= 0.6 is 23.2 Å². The number of nitrogens with zero attached hydrogens (tertiary/aromatic N) is 1. The molecule has 1 atom stereocenters. The van der Waals surface area contributed by atoms with Gasteiger partial charge in [0, 0.05) is 36.6 Å². The third-order valence-electron chi connectivity index (χ3n) is 2.92. The van der Waals surface area contributed by atoms with Crippen molar-refractivity contribution in [3.05, 3.63) is 29.8 Å². The van der Waals surface area contributed by atoms with E-state index in [2.05, 4.69) is 4.90 Å². The van der Waals surface area contributed by atoms with Crippen molar-refractivity contribution in [1.29, 1.82) is 0 Å². The minimum atomic E-state index is -0.875. The molecule has 0 aliphatic heterocycles. The molecule has 0 aliphatic rings. The first kappa shape index (κ1) is 17.1. The van der Waals surface area contributed by atoms with E-state index in [1.165, 1.54) is 0 Å². The van der Waals surface area contributed by atoms with Crippen molar-refractivity contribution >= 4 is 34.9 Å². The van der Waals surface area contributed by atoms with Gasteiger partial charge in [0.25, 0.3) is 0 Å². The average molecular weight is 319 g/mol. The number of carboxylic acid groups (broad SMARTS) is 1. The molecule has 0 aliphatic carbocycles. The van der Waals surface area contributed by atoms with E-state index < -0.39 is 5.97 Å². The zero-order chi connectivity index (χ0) is 15.0. The molecule has 0 radical (unpaired) electrons. The summed E-state index contributed by atoms with van der Waals surface area (Å²) in [5, 5.41) is 8.73. The number of anilines is 1. The molecule has 1 aromatic rings. The van der Waals surface area contributed by atoms with Crippen molar-refractivity contribution in [1.82, 2.24) is 0 Å². The minimum Gasteiger partial charge on any atom is -0.481 e. The maximum Gasteiger partial charge on any atom is 0.304 e. The number of halogens is 2. The zero-order valence-electron chi connectivity index (χ0n) is 11.3. The van der Waals surface area contributed by atoms with Gasteiger partial charge in [-0.25, -0.2) is 0 Å². The molecule has 0 spiro atoms. The molecule has 1 rings (SSSR count). The molecule has 1 aromatic carbocycles. The number of hydrogen-bond acceptors (Lipinski definition) is 3. The number of carboxylic acids is 1. The Morgan fingerprint density at radius 3 is 2.50 bits per heavy atom. The van der Waals surface area contributed by atoms with Crippen LogP contribution in [0.5, 0.6) is 0 Å². The Kier molecular flexibility index (Phi) is 7.73. The lowest BCUT2D eigenvalue weighted by Crippen LogP contribution is -2.28. The van der Waals surface area contributed by atoms with Crippen LogP contribution in [-0.2, 0) is 11.2 Å². The highest BCUT2D eigenvalue weighted by Gasteiger charge is 2.11.